The van der Waals surface area contributed by atoms with E-state index in [9.17, 15) is 13.2 Å². The lowest BCUT2D eigenvalue weighted by Crippen LogP contribution is -2.28. The van der Waals surface area contributed by atoms with Crippen LogP contribution in [0, 0.1) is 6.92 Å². The molecule has 1 aliphatic rings. The van der Waals surface area contributed by atoms with Crippen molar-refractivity contribution in [2.45, 2.75) is 24.7 Å². The average Bonchev–Trinajstić information content (AvgIpc) is 3.10. The number of halogens is 1. The topological polar surface area (TPSA) is 66.5 Å². The standard InChI is InChI=1S/C18H19ClN2O3S/c1-13-5-4-6-14(11-13)20-18(22)16-12-15(7-8-17(16)19)25(23,24)21-9-2-3-10-21/h4-8,11-12H,2-3,9-10H2,1H3,(H,20,22). The van der Waals surface area contributed by atoms with Crippen molar-refractivity contribution in [2.75, 3.05) is 18.4 Å². The lowest BCUT2D eigenvalue weighted by Gasteiger charge is -2.16. The highest BCUT2D eigenvalue weighted by molar-refractivity contribution is 7.89. The van der Waals surface area contributed by atoms with E-state index in [2.05, 4.69) is 5.32 Å². The normalized spacial score (nSPS) is 15.3. The number of carbonyl (C=O) groups is 1. The van der Waals surface area contributed by atoms with Crippen molar-refractivity contribution in [1.82, 2.24) is 4.31 Å². The maximum absolute atomic E-state index is 12.7. The summed E-state index contributed by atoms with van der Waals surface area (Å²) < 4.78 is 26.8. The van der Waals surface area contributed by atoms with Gasteiger partial charge in [-0.15, -0.1) is 0 Å². The van der Waals surface area contributed by atoms with Gasteiger partial charge in [0, 0.05) is 18.8 Å². The fourth-order valence-electron chi connectivity index (χ4n) is 2.84. The number of hydrogen-bond donors (Lipinski definition) is 1. The molecule has 0 spiro atoms. The molecule has 25 heavy (non-hydrogen) atoms. The van der Waals surface area contributed by atoms with Gasteiger partial charge in [-0.3, -0.25) is 4.79 Å². The number of nitrogens with zero attached hydrogens (tertiary/aromatic N) is 1. The van der Waals surface area contributed by atoms with Crippen molar-refractivity contribution in [3.05, 3.63) is 58.6 Å². The average molecular weight is 379 g/mol. The molecule has 0 saturated carbocycles. The van der Waals surface area contributed by atoms with Gasteiger partial charge in [-0.1, -0.05) is 23.7 Å². The van der Waals surface area contributed by atoms with Crippen molar-refractivity contribution in [1.29, 1.82) is 0 Å². The van der Waals surface area contributed by atoms with Crippen LogP contribution in [0.5, 0.6) is 0 Å². The number of amides is 1. The number of sulfonamides is 1. The third kappa shape index (κ3) is 3.86. The van der Waals surface area contributed by atoms with Crippen LogP contribution in [0.3, 0.4) is 0 Å². The third-order valence-corrected chi connectivity index (χ3v) is 6.39. The minimum atomic E-state index is -3.60. The van der Waals surface area contributed by atoms with Crippen LogP contribution in [0.4, 0.5) is 5.69 Å². The first kappa shape index (κ1) is 17.9. The molecule has 1 amide bonds. The van der Waals surface area contributed by atoms with Crippen LogP contribution in [-0.2, 0) is 10.0 Å². The molecule has 1 N–H and O–H groups in total. The Kier molecular flexibility index (Phi) is 5.13. The number of carbonyl (C=O) groups excluding carboxylic acids is 1. The van der Waals surface area contributed by atoms with Gasteiger partial charge < -0.3 is 5.32 Å². The lowest BCUT2D eigenvalue weighted by atomic mass is 10.2. The molecule has 1 saturated heterocycles. The number of nitrogens with one attached hydrogen (secondary N) is 1. The van der Waals surface area contributed by atoms with Gasteiger partial charge in [0.15, 0.2) is 0 Å². The van der Waals surface area contributed by atoms with E-state index in [0.29, 0.717) is 18.8 Å². The fraction of sp³-hybridized carbons (Fsp3) is 0.278. The largest absolute Gasteiger partial charge is 0.322 e. The van der Waals surface area contributed by atoms with Crippen LogP contribution in [0.25, 0.3) is 0 Å². The van der Waals surface area contributed by atoms with Gasteiger partial charge in [0.1, 0.15) is 0 Å². The van der Waals surface area contributed by atoms with Crippen LogP contribution < -0.4 is 5.32 Å². The van der Waals surface area contributed by atoms with Gasteiger partial charge in [-0.25, -0.2) is 8.42 Å². The summed E-state index contributed by atoms with van der Waals surface area (Å²) in [5.74, 6) is -0.436. The molecule has 3 rings (SSSR count). The first-order valence-corrected chi connectivity index (χ1v) is 9.87. The molecular weight excluding hydrogens is 360 g/mol. The molecule has 5 nitrogen and oxygen atoms in total. The number of hydrogen-bond acceptors (Lipinski definition) is 3. The second kappa shape index (κ2) is 7.15. The van der Waals surface area contributed by atoms with E-state index in [4.69, 9.17) is 11.6 Å². The summed E-state index contributed by atoms with van der Waals surface area (Å²) >= 11 is 6.13. The maximum atomic E-state index is 12.7. The Labute approximate surface area is 152 Å². The first-order valence-electron chi connectivity index (χ1n) is 8.05. The van der Waals surface area contributed by atoms with E-state index < -0.39 is 15.9 Å². The Morgan fingerprint density at radius 1 is 1.12 bits per heavy atom. The Hall–Kier alpha value is -1.89. The summed E-state index contributed by atoms with van der Waals surface area (Å²) in [5, 5.41) is 2.97. The molecule has 0 unspecified atom stereocenters. The molecule has 1 fully saturated rings. The Morgan fingerprint density at radius 2 is 1.84 bits per heavy atom. The molecule has 1 heterocycles. The highest BCUT2D eigenvalue weighted by atomic mass is 35.5. The molecule has 7 heteroatoms. The van der Waals surface area contributed by atoms with E-state index in [1.807, 2.05) is 25.1 Å². The highest BCUT2D eigenvalue weighted by Gasteiger charge is 2.28. The zero-order chi connectivity index (χ0) is 18.0. The van der Waals surface area contributed by atoms with E-state index in [-0.39, 0.29) is 15.5 Å². The van der Waals surface area contributed by atoms with Gasteiger partial charge >= 0.3 is 0 Å². The molecule has 0 bridgehead atoms. The quantitative estimate of drug-likeness (QED) is 0.882. The van der Waals surface area contributed by atoms with E-state index in [1.165, 1.54) is 22.5 Å². The molecule has 0 radical (unpaired) electrons. The summed E-state index contributed by atoms with van der Waals surface area (Å²) in [7, 11) is -3.60. The van der Waals surface area contributed by atoms with E-state index in [0.717, 1.165) is 18.4 Å². The second-order valence-electron chi connectivity index (χ2n) is 6.08. The predicted octanol–water partition coefficient (Wildman–Crippen LogP) is 3.69. The summed E-state index contributed by atoms with van der Waals surface area (Å²) in [4.78, 5) is 12.6. The Balaban J connectivity index is 1.90. The molecule has 2 aromatic rings. The van der Waals surface area contributed by atoms with Crippen LogP contribution in [0.15, 0.2) is 47.4 Å². The van der Waals surface area contributed by atoms with Crippen LogP contribution in [0.2, 0.25) is 5.02 Å². The molecular formula is C18H19ClN2O3S. The van der Waals surface area contributed by atoms with Gasteiger partial charge in [0.05, 0.1) is 15.5 Å². The Bertz CT molecular complexity index is 906. The highest BCUT2D eigenvalue weighted by Crippen LogP contribution is 2.26. The lowest BCUT2D eigenvalue weighted by molar-refractivity contribution is 0.102. The second-order valence-corrected chi connectivity index (χ2v) is 8.42. The molecule has 0 atom stereocenters. The van der Waals surface area contributed by atoms with Crippen LogP contribution in [-0.4, -0.2) is 31.7 Å². The van der Waals surface area contributed by atoms with Crippen LogP contribution >= 0.6 is 11.6 Å². The number of benzene rings is 2. The summed E-state index contributed by atoms with van der Waals surface area (Å²) in [5.41, 5.74) is 1.78. The summed E-state index contributed by atoms with van der Waals surface area (Å²) in [6.07, 6.45) is 1.71. The molecule has 2 aromatic carbocycles. The SMILES string of the molecule is Cc1cccc(NC(=O)c2cc(S(=O)(=O)N3CCCC3)ccc2Cl)c1. The van der Waals surface area contributed by atoms with E-state index >= 15 is 0 Å². The van der Waals surface area contributed by atoms with Gasteiger partial charge in [0.2, 0.25) is 10.0 Å². The number of rotatable bonds is 4. The van der Waals surface area contributed by atoms with Gasteiger partial charge in [-0.2, -0.15) is 4.31 Å². The molecule has 0 aromatic heterocycles. The Morgan fingerprint density at radius 3 is 2.52 bits per heavy atom. The maximum Gasteiger partial charge on any atom is 0.257 e. The predicted molar refractivity (Wildman–Crippen MR) is 98.6 cm³/mol. The van der Waals surface area contributed by atoms with Crippen molar-refractivity contribution < 1.29 is 13.2 Å². The van der Waals surface area contributed by atoms with Crippen molar-refractivity contribution >= 4 is 33.2 Å². The van der Waals surface area contributed by atoms with E-state index in [1.54, 1.807) is 6.07 Å². The zero-order valence-corrected chi connectivity index (χ0v) is 15.4. The molecule has 132 valence electrons. The summed E-state index contributed by atoms with van der Waals surface area (Å²) in [6, 6.07) is 11.6. The van der Waals surface area contributed by atoms with Crippen molar-refractivity contribution in [3.8, 4) is 0 Å². The van der Waals surface area contributed by atoms with Crippen LogP contribution in [0.1, 0.15) is 28.8 Å². The minimum Gasteiger partial charge on any atom is -0.322 e. The fourth-order valence-corrected chi connectivity index (χ4v) is 4.58. The molecule has 1 aliphatic heterocycles. The number of anilines is 1. The smallest absolute Gasteiger partial charge is 0.257 e. The minimum absolute atomic E-state index is 0.0909. The van der Waals surface area contributed by atoms with Gasteiger partial charge in [-0.05, 0) is 55.7 Å². The van der Waals surface area contributed by atoms with Gasteiger partial charge in [0.25, 0.3) is 5.91 Å². The van der Waals surface area contributed by atoms with Crippen molar-refractivity contribution in [2.24, 2.45) is 0 Å². The first-order chi connectivity index (χ1) is 11.9. The molecule has 0 aliphatic carbocycles. The number of aryl methyl sites for hydroxylation is 1. The zero-order valence-electron chi connectivity index (χ0n) is 13.8. The monoisotopic (exact) mass is 378 g/mol. The summed E-state index contributed by atoms with van der Waals surface area (Å²) in [6.45, 7) is 2.94. The van der Waals surface area contributed by atoms with Crippen molar-refractivity contribution in [3.63, 3.8) is 0 Å². The third-order valence-electron chi connectivity index (χ3n) is 4.16.